The van der Waals surface area contributed by atoms with Gasteiger partial charge in [-0.2, -0.15) is 0 Å². The normalized spacial score (nSPS) is 30.6. The van der Waals surface area contributed by atoms with Gasteiger partial charge in [0.15, 0.2) is 0 Å². The summed E-state index contributed by atoms with van der Waals surface area (Å²) >= 11 is 0. The first-order valence-electron chi connectivity index (χ1n) is 7.85. The summed E-state index contributed by atoms with van der Waals surface area (Å²) in [6.45, 7) is 2.10. The maximum Gasteiger partial charge on any atom is 0.111 e. The van der Waals surface area contributed by atoms with E-state index in [0.717, 1.165) is 5.56 Å². The Morgan fingerprint density at radius 3 is 2.39 bits per heavy atom. The van der Waals surface area contributed by atoms with Gasteiger partial charge in [0.1, 0.15) is 18.3 Å². The van der Waals surface area contributed by atoms with Crippen LogP contribution in [0.2, 0.25) is 0 Å². The maximum atomic E-state index is 10.1. The summed E-state index contributed by atoms with van der Waals surface area (Å²) in [4.78, 5) is 0. The molecule has 0 aliphatic heterocycles. The zero-order valence-electron chi connectivity index (χ0n) is 13.2. The van der Waals surface area contributed by atoms with Crippen molar-refractivity contribution < 1.29 is 20.4 Å². The van der Waals surface area contributed by atoms with Gasteiger partial charge in [0.2, 0.25) is 0 Å². The van der Waals surface area contributed by atoms with Crippen LogP contribution in [0.5, 0.6) is 0 Å². The van der Waals surface area contributed by atoms with Gasteiger partial charge in [-0.25, -0.2) is 0 Å². The number of benzene rings is 1. The number of rotatable bonds is 6. The molecule has 0 saturated carbocycles. The highest BCUT2D eigenvalue weighted by molar-refractivity contribution is 5.23. The molecule has 6 nitrogen and oxygen atoms in total. The molecule has 7 N–H and O–H groups in total. The van der Waals surface area contributed by atoms with Gasteiger partial charge in [-0.3, -0.25) is 0 Å². The topological polar surface area (TPSA) is 119 Å². The van der Waals surface area contributed by atoms with Crippen molar-refractivity contribution in [2.75, 3.05) is 13.2 Å². The van der Waals surface area contributed by atoms with Crippen LogP contribution in [0.4, 0.5) is 0 Å². The van der Waals surface area contributed by atoms with E-state index >= 15 is 0 Å². The molecular weight excluding hydrogens is 296 g/mol. The fourth-order valence-corrected chi connectivity index (χ4v) is 2.82. The van der Waals surface area contributed by atoms with Crippen molar-refractivity contribution >= 4 is 0 Å². The predicted molar refractivity (Wildman–Crippen MR) is 87.8 cm³/mol. The van der Waals surface area contributed by atoms with Crippen LogP contribution < -0.4 is 11.1 Å². The van der Waals surface area contributed by atoms with Crippen molar-refractivity contribution in [3.05, 3.63) is 47.5 Å². The van der Waals surface area contributed by atoms with E-state index in [2.05, 4.69) is 5.32 Å². The van der Waals surface area contributed by atoms with E-state index in [9.17, 15) is 20.4 Å². The van der Waals surface area contributed by atoms with Gasteiger partial charge >= 0.3 is 0 Å². The first-order valence-corrected chi connectivity index (χ1v) is 7.85. The highest BCUT2D eigenvalue weighted by Gasteiger charge is 2.37. The van der Waals surface area contributed by atoms with Gasteiger partial charge in [-0.05, 0) is 17.1 Å². The summed E-state index contributed by atoms with van der Waals surface area (Å²) < 4.78 is 0. The lowest BCUT2D eigenvalue weighted by molar-refractivity contribution is -0.0642. The monoisotopic (exact) mass is 322 g/mol. The molecule has 0 spiro atoms. The number of aliphatic hydroxyl groups excluding tert-OH is 4. The van der Waals surface area contributed by atoms with Crippen LogP contribution in [0.1, 0.15) is 18.4 Å². The van der Waals surface area contributed by atoms with Crippen LogP contribution in [0, 0.1) is 0 Å². The zero-order valence-corrected chi connectivity index (χ0v) is 13.2. The molecule has 0 heterocycles. The second-order valence-corrected chi connectivity index (χ2v) is 6.12. The third kappa shape index (κ3) is 4.17. The van der Waals surface area contributed by atoms with Crippen LogP contribution in [0.3, 0.4) is 0 Å². The lowest BCUT2D eigenvalue weighted by Crippen LogP contribution is -2.55. The Labute approximate surface area is 136 Å². The molecule has 1 aliphatic rings. The number of hydrogen-bond acceptors (Lipinski definition) is 6. The van der Waals surface area contributed by atoms with Gasteiger partial charge in [-0.15, -0.1) is 0 Å². The second-order valence-electron chi connectivity index (χ2n) is 6.12. The van der Waals surface area contributed by atoms with Crippen molar-refractivity contribution in [3.8, 4) is 0 Å². The standard InChI is InChI=1S/C17H26N2O4/c1-10(11-5-3-2-4-6-11)13(18)8-19-14-7-12(9-20)15(21)17(23)16(14)22/h2-7,10,13-17,19-23H,8-9,18H2,1H3/t10-,13?,14+,15?,16?,17?/m0/s1. The van der Waals surface area contributed by atoms with Gasteiger partial charge < -0.3 is 31.5 Å². The van der Waals surface area contributed by atoms with Crippen LogP contribution in [-0.2, 0) is 0 Å². The zero-order chi connectivity index (χ0) is 17.0. The van der Waals surface area contributed by atoms with Crippen LogP contribution in [0.15, 0.2) is 42.0 Å². The molecule has 0 aromatic heterocycles. The molecule has 0 radical (unpaired) electrons. The third-order valence-corrected chi connectivity index (χ3v) is 4.55. The van der Waals surface area contributed by atoms with Gasteiger partial charge in [0.25, 0.3) is 0 Å². The van der Waals surface area contributed by atoms with Crippen molar-refractivity contribution in [1.82, 2.24) is 5.32 Å². The average Bonchev–Trinajstić information content (AvgIpc) is 2.59. The summed E-state index contributed by atoms with van der Waals surface area (Å²) in [5, 5.41) is 42.0. The van der Waals surface area contributed by atoms with Gasteiger partial charge in [-0.1, -0.05) is 43.3 Å². The molecule has 1 aliphatic carbocycles. The highest BCUT2D eigenvalue weighted by Crippen LogP contribution is 2.21. The van der Waals surface area contributed by atoms with Crippen LogP contribution >= 0.6 is 0 Å². The molecule has 2 rings (SSSR count). The van der Waals surface area contributed by atoms with E-state index in [1.807, 2.05) is 37.3 Å². The van der Waals surface area contributed by atoms with Gasteiger partial charge in [0.05, 0.1) is 12.6 Å². The molecule has 0 amide bonds. The van der Waals surface area contributed by atoms with Crippen LogP contribution in [0.25, 0.3) is 0 Å². The molecule has 1 aromatic carbocycles. The van der Waals surface area contributed by atoms with Gasteiger partial charge in [0, 0.05) is 12.6 Å². The first kappa shape index (κ1) is 18.1. The predicted octanol–water partition coefficient (Wildman–Crippen LogP) is -0.909. The summed E-state index contributed by atoms with van der Waals surface area (Å²) in [6, 6.07) is 9.17. The minimum absolute atomic E-state index is 0.126. The molecule has 4 unspecified atom stereocenters. The molecular formula is C17H26N2O4. The summed E-state index contributed by atoms with van der Waals surface area (Å²) in [7, 11) is 0. The highest BCUT2D eigenvalue weighted by atomic mass is 16.4. The Hall–Kier alpha value is -1.28. The molecule has 0 saturated heterocycles. The number of nitrogens with one attached hydrogen (secondary N) is 1. The van der Waals surface area contributed by atoms with Crippen LogP contribution in [-0.4, -0.2) is 64.0 Å². The SMILES string of the molecule is C[C@@H](c1ccccc1)C(N)CN[C@@H]1C=C(CO)C(O)C(O)C1O. The Kier molecular flexibility index (Phi) is 6.29. The minimum Gasteiger partial charge on any atom is -0.392 e. The molecule has 6 atom stereocenters. The van der Waals surface area contributed by atoms with E-state index in [4.69, 9.17) is 5.73 Å². The molecule has 0 bridgehead atoms. The third-order valence-electron chi connectivity index (χ3n) is 4.55. The lowest BCUT2D eigenvalue weighted by atomic mass is 9.87. The van der Waals surface area contributed by atoms with E-state index in [0.29, 0.717) is 12.1 Å². The van der Waals surface area contributed by atoms with Crippen molar-refractivity contribution in [3.63, 3.8) is 0 Å². The Balaban J connectivity index is 1.98. The fraction of sp³-hybridized carbons (Fsp3) is 0.529. The number of nitrogens with two attached hydrogens (primary N) is 1. The Morgan fingerprint density at radius 1 is 1.13 bits per heavy atom. The van der Waals surface area contributed by atoms with Crippen molar-refractivity contribution in [2.24, 2.45) is 5.73 Å². The van der Waals surface area contributed by atoms with E-state index in [1.165, 1.54) is 0 Å². The van der Waals surface area contributed by atoms with Crippen molar-refractivity contribution in [2.45, 2.75) is 43.2 Å². The first-order chi connectivity index (χ1) is 11.0. The molecule has 1 aromatic rings. The molecule has 23 heavy (non-hydrogen) atoms. The Morgan fingerprint density at radius 2 is 1.78 bits per heavy atom. The molecule has 6 heteroatoms. The number of aliphatic hydroxyl groups is 4. The fourth-order valence-electron chi connectivity index (χ4n) is 2.82. The quantitative estimate of drug-likeness (QED) is 0.378. The summed E-state index contributed by atoms with van der Waals surface area (Å²) in [6.07, 6.45) is -2.17. The second kappa shape index (κ2) is 8.01. The average molecular weight is 322 g/mol. The van der Waals surface area contributed by atoms with Crippen molar-refractivity contribution in [1.29, 1.82) is 0 Å². The minimum atomic E-state index is -1.33. The molecule has 128 valence electrons. The largest absolute Gasteiger partial charge is 0.392 e. The maximum absolute atomic E-state index is 10.1. The number of hydrogen-bond donors (Lipinski definition) is 6. The smallest absolute Gasteiger partial charge is 0.111 e. The summed E-state index contributed by atoms with van der Waals surface area (Å²) in [5.41, 5.74) is 7.64. The Bertz CT molecular complexity index is 523. The van der Waals surface area contributed by atoms with E-state index in [1.54, 1.807) is 6.08 Å². The van der Waals surface area contributed by atoms with E-state index < -0.39 is 24.4 Å². The molecule has 0 fully saturated rings. The summed E-state index contributed by atoms with van der Waals surface area (Å²) in [5.74, 6) is 0.126. The lowest BCUT2D eigenvalue weighted by Gasteiger charge is -2.35. The van der Waals surface area contributed by atoms with E-state index in [-0.39, 0.29) is 18.6 Å².